The number of nitrogens with one attached hydrogen (secondary N) is 2. The van der Waals surface area contributed by atoms with Gasteiger partial charge in [-0.25, -0.2) is 19.6 Å². The number of benzene rings is 6. The first kappa shape index (κ1) is 46.3. The zero-order valence-electron chi connectivity index (χ0n) is 40.7. The first-order chi connectivity index (χ1) is 37.2. The van der Waals surface area contributed by atoms with Gasteiger partial charge in [0.05, 0.1) is 67.3 Å². The summed E-state index contributed by atoms with van der Waals surface area (Å²) in [7, 11) is 0. The van der Waals surface area contributed by atoms with Crippen LogP contribution in [0.3, 0.4) is 0 Å². The van der Waals surface area contributed by atoms with Gasteiger partial charge in [0.1, 0.15) is 0 Å². The molecule has 0 aliphatic carbocycles. The Bertz CT molecular complexity index is 4760. The van der Waals surface area contributed by atoms with Gasteiger partial charge in [0, 0.05) is 64.2 Å². The number of fused-ring (bicyclic) bond motifs is 8. The summed E-state index contributed by atoms with van der Waals surface area (Å²) in [5, 5.41) is 4.62. The van der Waals surface area contributed by atoms with E-state index in [9.17, 15) is 19.2 Å². The number of carbonyl (C=O) groups excluding carboxylic acids is 2. The molecule has 7 heterocycles. The molecule has 5 aromatic heterocycles. The van der Waals surface area contributed by atoms with Gasteiger partial charge in [-0.15, -0.1) is 22.7 Å². The van der Waals surface area contributed by atoms with Crippen LogP contribution >= 0.6 is 22.7 Å². The first-order valence-electron chi connectivity index (χ1n) is 24.7. The van der Waals surface area contributed by atoms with E-state index in [0.717, 1.165) is 75.4 Å². The van der Waals surface area contributed by atoms with E-state index in [-0.39, 0.29) is 24.1 Å². The summed E-state index contributed by atoms with van der Waals surface area (Å²) in [5.41, 5.74) is 10.9. The SMILES string of the molecule is CCOC(=O)c1ccc(-c2c3nc(c(C#Cc4ccc5s/c(=c6/sc7cccc8cccc(c6=O)c87)c(=O)c6cccc4c56)c4ccc([nH]4)c(-c4ccc(C(=O)OCC)cc4)c4nc(cc5ccc2[nH]5)C=C4)C=C3)cc1. The molecule has 2 N–H and O–H groups in total. The zero-order valence-corrected chi connectivity index (χ0v) is 42.4. The minimum absolute atomic E-state index is 0.147. The third-order valence-corrected chi connectivity index (χ3v) is 16.1. The van der Waals surface area contributed by atoms with E-state index >= 15 is 0 Å². The fraction of sp³-hybridized carbons (Fsp3) is 0.0625. The van der Waals surface area contributed by atoms with Crippen LogP contribution < -0.4 is 10.9 Å². The Balaban J connectivity index is 1.05. The quantitative estimate of drug-likeness (QED) is 0.124. The highest BCUT2D eigenvalue weighted by atomic mass is 32.1. The van der Waals surface area contributed by atoms with E-state index in [1.807, 2.05) is 146 Å². The molecule has 10 nitrogen and oxygen atoms in total. The highest BCUT2D eigenvalue weighted by molar-refractivity contribution is 7.20. The molecule has 0 atom stereocenters. The van der Waals surface area contributed by atoms with Crippen molar-refractivity contribution in [2.45, 2.75) is 13.8 Å². The molecule has 76 heavy (non-hydrogen) atoms. The smallest absolute Gasteiger partial charge is 0.338 e. The molecule has 8 bridgehead atoms. The van der Waals surface area contributed by atoms with Gasteiger partial charge in [-0.1, -0.05) is 84.6 Å². The molecule has 12 heteroatoms. The lowest BCUT2D eigenvalue weighted by molar-refractivity contribution is 0.0517. The average molecular weight is 1030 g/mol. The Morgan fingerprint density at radius 2 is 1.08 bits per heavy atom. The third kappa shape index (κ3) is 7.97. The Morgan fingerprint density at radius 3 is 1.76 bits per heavy atom. The average Bonchev–Trinajstić information content (AvgIpc) is 4.36. The van der Waals surface area contributed by atoms with E-state index in [4.69, 9.17) is 19.4 Å². The Morgan fingerprint density at radius 1 is 0.526 bits per heavy atom. The summed E-state index contributed by atoms with van der Waals surface area (Å²) in [6.45, 7) is 4.10. The van der Waals surface area contributed by atoms with E-state index in [0.29, 0.717) is 64.7 Å². The lowest BCUT2D eigenvalue weighted by Gasteiger charge is -2.07. The second kappa shape index (κ2) is 18.7. The van der Waals surface area contributed by atoms with Crippen molar-refractivity contribution >= 4 is 123 Å². The van der Waals surface area contributed by atoms with Gasteiger partial charge >= 0.3 is 11.9 Å². The van der Waals surface area contributed by atoms with Crippen molar-refractivity contribution in [1.29, 1.82) is 0 Å². The normalized spacial score (nSPS) is 12.4. The van der Waals surface area contributed by atoms with Crippen molar-refractivity contribution in [3.05, 3.63) is 220 Å². The summed E-state index contributed by atoms with van der Waals surface area (Å²) in [6, 6.07) is 46.0. The van der Waals surface area contributed by atoms with Crippen LogP contribution in [0.5, 0.6) is 0 Å². The van der Waals surface area contributed by atoms with E-state index in [1.165, 1.54) is 22.7 Å². The molecule has 0 spiro atoms. The number of hydrogen-bond acceptors (Lipinski definition) is 10. The summed E-state index contributed by atoms with van der Waals surface area (Å²) in [4.78, 5) is 72.0. The van der Waals surface area contributed by atoms with Crippen molar-refractivity contribution in [2.24, 2.45) is 0 Å². The highest BCUT2D eigenvalue weighted by Crippen LogP contribution is 2.36. The Labute approximate surface area is 440 Å². The number of aromatic nitrogens is 4. The minimum atomic E-state index is -0.399. The van der Waals surface area contributed by atoms with Crippen LogP contribution in [0.1, 0.15) is 68.5 Å². The Hall–Kier alpha value is -9.54. The fourth-order valence-corrected chi connectivity index (χ4v) is 12.6. The van der Waals surface area contributed by atoms with E-state index in [1.54, 1.807) is 38.1 Å². The lowest BCUT2D eigenvalue weighted by Crippen LogP contribution is -2.08. The number of nitrogens with zero attached hydrogens (tertiary/aromatic N) is 2. The van der Waals surface area contributed by atoms with Crippen LogP contribution in [-0.4, -0.2) is 45.1 Å². The molecule has 2 aliphatic rings. The van der Waals surface area contributed by atoms with Crippen LogP contribution in [0.25, 0.3) is 110 Å². The van der Waals surface area contributed by atoms with Crippen molar-refractivity contribution in [2.75, 3.05) is 13.2 Å². The first-order valence-corrected chi connectivity index (χ1v) is 26.3. The van der Waals surface area contributed by atoms with E-state index < -0.39 is 11.9 Å². The van der Waals surface area contributed by atoms with Crippen LogP contribution in [0, 0.1) is 20.9 Å². The van der Waals surface area contributed by atoms with Gasteiger partial charge in [-0.2, -0.15) is 0 Å². The molecule has 0 saturated heterocycles. The molecule has 6 aromatic carbocycles. The highest BCUT2D eigenvalue weighted by Gasteiger charge is 2.19. The summed E-state index contributed by atoms with van der Waals surface area (Å²) in [6.07, 6.45) is 7.87. The molecule has 11 aromatic rings. The number of carbonyl (C=O) groups is 2. The number of hydrogen-bond donors (Lipinski definition) is 2. The standard InChI is InChI=1S/C64H40N4O6S2/c1-3-73-63(71)39-18-14-37(15-19-39)56-49-27-24-41(65-49)34-42-25-28-50(66-42)57(38-16-20-40(21-17-38)64(72)74-4-2)52-32-30-48(68-52)44(47-29-31-51(56)67-47)26-22-35-23-33-54-58-43(35)10-7-12-46(58)60(70)62(76-54)61-59(69)45-11-5-8-36-9-6-13-53(75-61)55(36)45/h5-21,23-25,27-34,65,68H,3-4H2,1-2H3/b41-34?,42-34?,47-44?,48-44?,56-49?,56-51?,57-50?,57-52?,62-61+. The van der Waals surface area contributed by atoms with Crippen LogP contribution in [0.2, 0.25) is 0 Å². The third-order valence-electron chi connectivity index (χ3n) is 13.7. The second-order valence-electron chi connectivity index (χ2n) is 18.2. The lowest BCUT2D eigenvalue weighted by atomic mass is 10.0. The van der Waals surface area contributed by atoms with Gasteiger partial charge in [0.15, 0.2) is 0 Å². The largest absolute Gasteiger partial charge is 0.462 e. The molecular formula is C64H40N4O6S2. The van der Waals surface area contributed by atoms with Gasteiger partial charge in [-0.3, -0.25) is 9.59 Å². The van der Waals surface area contributed by atoms with Crippen LogP contribution in [0.15, 0.2) is 155 Å². The van der Waals surface area contributed by atoms with Gasteiger partial charge in [-0.05, 0) is 133 Å². The van der Waals surface area contributed by atoms with Crippen molar-refractivity contribution in [3.63, 3.8) is 0 Å². The maximum absolute atomic E-state index is 14.7. The number of aromatic amines is 2. The number of ether oxygens (including phenoxy) is 2. The van der Waals surface area contributed by atoms with Crippen molar-refractivity contribution < 1.29 is 19.1 Å². The number of H-pyrrole nitrogens is 2. The van der Waals surface area contributed by atoms with Gasteiger partial charge in [0.25, 0.3) is 0 Å². The maximum atomic E-state index is 14.7. The molecule has 0 unspecified atom stereocenters. The van der Waals surface area contributed by atoms with Crippen molar-refractivity contribution in [1.82, 2.24) is 19.9 Å². The molecular weight excluding hydrogens is 985 g/mol. The minimum Gasteiger partial charge on any atom is -0.462 e. The zero-order chi connectivity index (χ0) is 51.6. The molecule has 0 saturated carbocycles. The van der Waals surface area contributed by atoms with Crippen molar-refractivity contribution in [3.8, 4) is 34.1 Å². The summed E-state index contributed by atoms with van der Waals surface area (Å²) < 4.78 is 13.3. The molecule has 2 aliphatic heterocycles. The second-order valence-corrected chi connectivity index (χ2v) is 20.3. The topological polar surface area (TPSA) is 144 Å². The Kier molecular flexibility index (Phi) is 11.4. The van der Waals surface area contributed by atoms with E-state index in [2.05, 4.69) is 21.8 Å². The molecule has 0 fully saturated rings. The monoisotopic (exact) mass is 1020 g/mol. The van der Waals surface area contributed by atoms with Gasteiger partial charge < -0.3 is 19.4 Å². The summed E-state index contributed by atoms with van der Waals surface area (Å²) in [5.74, 6) is 6.25. The van der Waals surface area contributed by atoms with Crippen LogP contribution in [0.4, 0.5) is 0 Å². The van der Waals surface area contributed by atoms with Gasteiger partial charge in [0.2, 0.25) is 10.9 Å². The summed E-state index contributed by atoms with van der Waals surface area (Å²) >= 11 is 2.70. The molecule has 0 amide bonds. The molecule has 0 radical (unpaired) electrons. The number of rotatable bonds is 6. The van der Waals surface area contributed by atoms with Crippen LogP contribution in [-0.2, 0) is 9.47 Å². The molecule has 13 rings (SSSR count). The number of esters is 2. The molecule has 364 valence electrons. The maximum Gasteiger partial charge on any atom is 0.338 e. The fourth-order valence-electron chi connectivity index (χ4n) is 10.2. The predicted molar refractivity (Wildman–Crippen MR) is 308 cm³/mol. The predicted octanol–water partition coefficient (Wildman–Crippen LogP) is 13.9.